The summed E-state index contributed by atoms with van der Waals surface area (Å²) in [4.78, 5) is -0.748. The number of nitrogens with one attached hydrogen (secondary N) is 2. The Balaban J connectivity index is 2.40. The maximum absolute atomic E-state index is 13.7. The van der Waals surface area contributed by atoms with Crippen LogP contribution in [0.2, 0.25) is 0 Å². The molecule has 25 heavy (non-hydrogen) atoms. The van der Waals surface area contributed by atoms with Crippen molar-refractivity contribution >= 4 is 31.4 Å². The van der Waals surface area contributed by atoms with Crippen molar-refractivity contribution < 1.29 is 30.4 Å². The van der Waals surface area contributed by atoms with Crippen LogP contribution in [0.1, 0.15) is 0 Å². The van der Waals surface area contributed by atoms with E-state index in [1.807, 2.05) is 0 Å². The first-order valence-electron chi connectivity index (χ1n) is 6.65. The van der Waals surface area contributed by atoms with Crippen LogP contribution >= 0.6 is 0 Å². The molecule has 0 heterocycles. The Hall–Kier alpha value is -2.40. The van der Waals surface area contributed by atoms with Crippen LogP contribution in [0.25, 0.3) is 0 Å². The highest BCUT2D eigenvalue weighted by molar-refractivity contribution is 7.92. The second kappa shape index (κ2) is 6.84. The predicted octanol–water partition coefficient (Wildman–Crippen LogP) is 2.15. The van der Waals surface area contributed by atoms with E-state index in [2.05, 4.69) is 9.44 Å². The molecule has 136 valence electrons. The number of rotatable bonds is 6. The van der Waals surface area contributed by atoms with Crippen LogP contribution in [-0.4, -0.2) is 30.2 Å². The fourth-order valence-corrected chi connectivity index (χ4v) is 3.62. The quantitative estimate of drug-likeness (QED) is 0.784. The molecule has 0 aliphatic carbocycles. The first kappa shape index (κ1) is 18.9. The van der Waals surface area contributed by atoms with Gasteiger partial charge < -0.3 is 4.74 Å². The Kier molecular flexibility index (Phi) is 5.18. The minimum absolute atomic E-state index is 0.00946. The maximum Gasteiger partial charge on any atom is 0.264 e. The van der Waals surface area contributed by atoms with Crippen LogP contribution in [0.4, 0.5) is 20.2 Å². The average Bonchev–Trinajstić information content (AvgIpc) is 2.45. The average molecular weight is 392 g/mol. The molecular weight excluding hydrogens is 378 g/mol. The summed E-state index contributed by atoms with van der Waals surface area (Å²) in [5.41, 5.74) is -0.0551. The van der Waals surface area contributed by atoms with Gasteiger partial charge in [0.2, 0.25) is 10.0 Å². The fraction of sp³-hybridized carbons (Fsp3) is 0.143. The number of benzene rings is 2. The van der Waals surface area contributed by atoms with Crippen molar-refractivity contribution in [3.8, 4) is 5.75 Å². The molecule has 0 fully saturated rings. The second-order valence-electron chi connectivity index (χ2n) is 4.97. The van der Waals surface area contributed by atoms with Gasteiger partial charge in [0.15, 0.2) is 0 Å². The molecule has 2 aromatic carbocycles. The van der Waals surface area contributed by atoms with Crippen LogP contribution in [0.5, 0.6) is 5.75 Å². The number of methoxy groups -OCH3 is 1. The Morgan fingerprint density at radius 1 is 0.960 bits per heavy atom. The summed E-state index contributed by atoms with van der Waals surface area (Å²) < 4.78 is 83.1. The van der Waals surface area contributed by atoms with Crippen LogP contribution in [0, 0.1) is 11.6 Å². The lowest BCUT2D eigenvalue weighted by atomic mass is 10.2. The van der Waals surface area contributed by atoms with E-state index in [0.29, 0.717) is 6.07 Å². The van der Waals surface area contributed by atoms with Gasteiger partial charge in [0, 0.05) is 6.07 Å². The lowest BCUT2D eigenvalue weighted by molar-refractivity contribution is 0.417. The normalized spacial score (nSPS) is 11.8. The van der Waals surface area contributed by atoms with Crippen LogP contribution < -0.4 is 14.2 Å². The Morgan fingerprint density at radius 3 is 2.20 bits per heavy atom. The molecule has 0 atom stereocenters. The Labute approximate surface area is 143 Å². The standard InChI is InChI=1S/C14H14F2N2O5S2/c1-23-13-5-4-10(8-12(13)18-24(2,19)20)17-25(21,22)14-6-3-9(15)7-11(14)16/h3-8,17-18H,1-2H3. The smallest absolute Gasteiger partial charge is 0.264 e. The fourth-order valence-electron chi connectivity index (χ4n) is 1.95. The molecule has 0 spiro atoms. The molecule has 0 radical (unpaired) electrons. The molecule has 2 rings (SSSR count). The third-order valence-corrected chi connectivity index (χ3v) is 4.94. The van der Waals surface area contributed by atoms with Gasteiger partial charge in [0.25, 0.3) is 10.0 Å². The van der Waals surface area contributed by atoms with Gasteiger partial charge in [0.1, 0.15) is 22.3 Å². The van der Waals surface area contributed by atoms with E-state index >= 15 is 0 Å². The van der Waals surface area contributed by atoms with E-state index in [-0.39, 0.29) is 17.1 Å². The molecule has 2 aromatic rings. The summed E-state index contributed by atoms with van der Waals surface area (Å²) in [5.74, 6) is -2.02. The third-order valence-electron chi connectivity index (χ3n) is 2.93. The minimum Gasteiger partial charge on any atom is -0.495 e. The van der Waals surface area contributed by atoms with E-state index < -0.39 is 36.6 Å². The van der Waals surface area contributed by atoms with Gasteiger partial charge in [-0.05, 0) is 30.3 Å². The van der Waals surface area contributed by atoms with E-state index in [4.69, 9.17) is 4.74 Å². The predicted molar refractivity (Wildman–Crippen MR) is 88.6 cm³/mol. The molecule has 2 N–H and O–H groups in total. The number of hydrogen-bond donors (Lipinski definition) is 2. The van der Waals surface area contributed by atoms with Crippen LogP contribution in [0.15, 0.2) is 41.3 Å². The molecule has 7 nitrogen and oxygen atoms in total. The van der Waals surface area contributed by atoms with Crippen molar-refractivity contribution in [2.24, 2.45) is 0 Å². The van der Waals surface area contributed by atoms with E-state index in [1.165, 1.54) is 25.3 Å². The zero-order chi connectivity index (χ0) is 18.8. The van der Waals surface area contributed by atoms with Crippen LogP contribution in [0.3, 0.4) is 0 Å². The van der Waals surface area contributed by atoms with E-state index in [0.717, 1.165) is 18.4 Å². The molecule has 0 saturated carbocycles. The minimum atomic E-state index is -4.35. The molecule has 0 unspecified atom stereocenters. The summed E-state index contributed by atoms with van der Waals surface area (Å²) in [7, 11) is -6.69. The van der Waals surface area contributed by atoms with Crippen molar-refractivity contribution in [3.05, 3.63) is 48.0 Å². The summed E-state index contributed by atoms with van der Waals surface area (Å²) in [6.45, 7) is 0. The largest absolute Gasteiger partial charge is 0.495 e. The van der Waals surface area contributed by atoms with Gasteiger partial charge in [-0.3, -0.25) is 9.44 Å². The highest BCUT2D eigenvalue weighted by Crippen LogP contribution is 2.30. The molecular formula is C14H14F2N2O5S2. The van der Waals surface area contributed by atoms with Crippen molar-refractivity contribution in [2.75, 3.05) is 22.8 Å². The molecule has 0 aliphatic heterocycles. The SMILES string of the molecule is COc1ccc(NS(=O)(=O)c2ccc(F)cc2F)cc1NS(C)(=O)=O. The molecule has 11 heteroatoms. The number of sulfonamides is 2. The summed E-state index contributed by atoms with van der Waals surface area (Å²) in [5, 5.41) is 0. The van der Waals surface area contributed by atoms with E-state index in [1.54, 1.807) is 0 Å². The lowest BCUT2D eigenvalue weighted by Crippen LogP contribution is -2.15. The van der Waals surface area contributed by atoms with Gasteiger partial charge in [-0.2, -0.15) is 0 Å². The van der Waals surface area contributed by atoms with Crippen molar-refractivity contribution in [3.63, 3.8) is 0 Å². The highest BCUT2D eigenvalue weighted by Gasteiger charge is 2.20. The summed E-state index contributed by atoms with van der Waals surface area (Å²) in [6.07, 6.45) is 0.914. The molecule has 0 aliphatic rings. The topological polar surface area (TPSA) is 102 Å². The maximum atomic E-state index is 13.7. The molecule has 0 amide bonds. The Morgan fingerprint density at radius 2 is 1.64 bits per heavy atom. The van der Waals surface area contributed by atoms with Crippen molar-refractivity contribution in [1.29, 1.82) is 0 Å². The monoisotopic (exact) mass is 392 g/mol. The van der Waals surface area contributed by atoms with Crippen molar-refractivity contribution in [1.82, 2.24) is 0 Å². The van der Waals surface area contributed by atoms with E-state index in [9.17, 15) is 25.6 Å². The zero-order valence-corrected chi connectivity index (χ0v) is 14.7. The number of anilines is 2. The summed E-state index contributed by atoms with van der Waals surface area (Å²) in [6, 6.07) is 5.82. The van der Waals surface area contributed by atoms with Crippen molar-refractivity contribution in [2.45, 2.75) is 4.90 Å². The van der Waals surface area contributed by atoms with Gasteiger partial charge in [-0.15, -0.1) is 0 Å². The second-order valence-corrected chi connectivity index (χ2v) is 8.37. The first-order chi connectivity index (χ1) is 11.5. The molecule has 0 aromatic heterocycles. The van der Waals surface area contributed by atoms with Crippen LogP contribution in [-0.2, 0) is 20.0 Å². The lowest BCUT2D eigenvalue weighted by Gasteiger charge is -2.13. The number of hydrogen-bond acceptors (Lipinski definition) is 5. The molecule has 0 bridgehead atoms. The van der Waals surface area contributed by atoms with Gasteiger partial charge in [-0.1, -0.05) is 0 Å². The number of ether oxygens (including phenoxy) is 1. The highest BCUT2D eigenvalue weighted by atomic mass is 32.2. The summed E-state index contributed by atoms with van der Waals surface area (Å²) >= 11 is 0. The van der Waals surface area contributed by atoms with Gasteiger partial charge in [-0.25, -0.2) is 25.6 Å². The van der Waals surface area contributed by atoms with Gasteiger partial charge in [0.05, 0.1) is 24.7 Å². The number of halogens is 2. The third kappa shape index (κ3) is 4.79. The Bertz CT molecular complexity index is 1010. The first-order valence-corrected chi connectivity index (χ1v) is 10.0. The zero-order valence-electron chi connectivity index (χ0n) is 13.1. The molecule has 0 saturated heterocycles. The van der Waals surface area contributed by atoms with Gasteiger partial charge >= 0.3 is 0 Å².